The number of carbonyl (C=O) groups excluding carboxylic acids is 1. The van der Waals surface area contributed by atoms with E-state index >= 15 is 0 Å². The second-order valence-corrected chi connectivity index (χ2v) is 6.27. The smallest absolute Gasteiger partial charge is 0.217 e. The molecule has 0 saturated heterocycles. The Kier molecular flexibility index (Phi) is 5.80. The van der Waals surface area contributed by atoms with E-state index in [9.17, 15) is 4.79 Å². The van der Waals surface area contributed by atoms with Crippen LogP contribution in [0.4, 0.5) is 0 Å². The molecular formula is C20H25NO2. The fourth-order valence-electron chi connectivity index (χ4n) is 2.36. The molecule has 3 heteroatoms. The average molecular weight is 311 g/mol. The van der Waals surface area contributed by atoms with Crippen LogP contribution in [0.25, 0.3) is 11.1 Å². The van der Waals surface area contributed by atoms with Crippen LogP contribution < -0.4 is 10.1 Å². The predicted octanol–water partition coefficient (Wildman–Crippen LogP) is 4.59. The Morgan fingerprint density at radius 1 is 0.957 bits per heavy atom. The van der Waals surface area contributed by atoms with Crippen LogP contribution in [-0.4, -0.2) is 12.5 Å². The van der Waals surface area contributed by atoms with Crippen molar-refractivity contribution in [2.45, 2.75) is 33.7 Å². The molecule has 0 aromatic heterocycles. The summed E-state index contributed by atoms with van der Waals surface area (Å²) in [5, 5.41) is 2.89. The average Bonchev–Trinajstić information content (AvgIpc) is 2.53. The first kappa shape index (κ1) is 17.1. The zero-order chi connectivity index (χ0) is 16.8. The van der Waals surface area contributed by atoms with Crippen LogP contribution >= 0.6 is 0 Å². The Bertz CT molecular complexity index is 630. The van der Waals surface area contributed by atoms with E-state index < -0.39 is 0 Å². The van der Waals surface area contributed by atoms with Gasteiger partial charge in [0.15, 0.2) is 0 Å². The zero-order valence-electron chi connectivity index (χ0n) is 14.3. The van der Waals surface area contributed by atoms with Crippen molar-refractivity contribution in [1.29, 1.82) is 0 Å². The van der Waals surface area contributed by atoms with Crippen molar-refractivity contribution in [3.63, 3.8) is 0 Å². The Hall–Kier alpha value is -2.29. The Morgan fingerprint density at radius 3 is 1.96 bits per heavy atom. The summed E-state index contributed by atoms with van der Waals surface area (Å²) in [6, 6.07) is 16.4. The van der Waals surface area contributed by atoms with E-state index in [2.05, 4.69) is 55.6 Å². The summed E-state index contributed by atoms with van der Waals surface area (Å²) < 4.78 is 5.71. The van der Waals surface area contributed by atoms with E-state index in [1.807, 2.05) is 19.1 Å². The summed E-state index contributed by atoms with van der Waals surface area (Å²) in [5.41, 5.74) is 3.40. The SMILES string of the molecule is CC(=O)NC(C)c1ccc(-c2ccc(OCC(C)C)cc2)cc1. The Labute approximate surface area is 138 Å². The van der Waals surface area contributed by atoms with Crippen molar-refractivity contribution in [2.24, 2.45) is 5.92 Å². The van der Waals surface area contributed by atoms with Gasteiger partial charge < -0.3 is 10.1 Å². The largest absolute Gasteiger partial charge is 0.493 e. The summed E-state index contributed by atoms with van der Waals surface area (Å²) in [4.78, 5) is 11.1. The molecule has 0 radical (unpaired) electrons. The van der Waals surface area contributed by atoms with E-state index in [4.69, 9.17) is 4.74 Å². The molecule has 0 fully saturated rings. The van der Waals surface area contributed by atoms with Crippen LogP contribution in [0.2, 0.25) is 0 Å². The van der Waals surface area contributed by atoms with Crippen LogP contribution in [0.3, 0.4) is 0 Å². The van der Waals surface area contributed by atoms with Gasteiger partial charge in [-0.3, -0.25) is 4.79 Å². The maximum atomic E-state index is 11.1. The molecule has 1 atom stereocenters. The normalized spacial score (nSPS) is 12.0. The van der Waals surface area contributed by atoms with E-state index in [1.165, 1.54) is 6.92 Å². The molecule has 0 spiro atoms. The van der Waals surface area contributed by atoms with Gasteiger partial charge in [-0.25, -0.2) is 0 Å². The molecule has 0 aliphatic heterocycles. The minimum Gasteiger partial charge on any atom is -0.493 e. The molecule has 0 saturated carbocycles. The lowest BCUT2D eigenvalue weighted by Gasteiger charge is -2.13. The molecule has 2 rings (SSSR count). The highest BCUT2D eigenvalue weighted by Gasteiger charge is 2.07. The minimum absolute atomic E-state index is 0.0152. The topological polar surface area (TPSA) is 38.3 Å². The summed E-state index contributed by atoms with van der Waals surface area (Å²) in [6.07, 6.45) is 0. The predicted molar refractivity (Wildman–Crippen MR) is 94.4 cm³/mol. The van der Waals surface area contributed by atoms with Gasteiger partial charge in [-0.05, 0) is 41.7 Å². The van der Waals surface area contributed by atoms with Crippen LogP contribution in [0.5, 0.6) is 5.75 Å². The lowest BCUT2D eigenvalue weighted by molar-refractivity contribution is -0.119. The lowest BCUT2D eigenvalue weighted by atomic mass is 10.0. The molecule has 1 amide bonds. The third-order valence-electron chi connectivity index (χ3n) is 3.60. The fraction of sp³-hybridized carbons (Fsp3) is 0.350. The second kappa shape index (κ2) is 7.82. The van der Waals surface area contributed by atoms with Crippen molar-refractivity contribution >= 4 is 5.91 Å². The third-order valence-corrected chi connectivity index (χ3v) is 3.60. The summed E-state index contributed by atoms with van der Waals surface area (Å²) in [7, 11) is 0. The van der Waals surface area contributed by atoms with Gasteiger partial charge in [-0.2, -0.15) is 0 Å². The van der Waals surface area contributed by atoms with Gasteiger partial charge >= 0.3 is 0 Å². The van der Waals surface area contributed by atoms with Gasteiger partial charge in [-0.1, -0.05) is 50.2 Å². The van der Waals surface area contributed by atoms with Crippen molar-refractivity contribution < 1.29 is 9.53 Å². The number of ether oxygens (including phenoxy) is 1. The van der Waals surface area contributed by atoms with Gasteiger partial charge in [0.25, 0.3) is 0 Å². The highest BCUT2D eigenvalue weighted by molar-refractivity contribution is 5.73. The maximum absolute atomic E-state index is 11.1. The minimum atomic E-state index is -0.0152. The van der Waals surface area contributed by atoms with Gasteiger partial charge in [0, 0.05) is 6.92 Å². The van der Waals surface area contributed by atoms with E-state index in [1.54, 1.807) is 0 Å². The summed E-state index contributed by atoms with van der Waals surface area (Å²) in [6.45, 7) is 8.52. The summed E-state index contributed by atoms with van der Waals surface area (Å²) >= 11 is 0. The standard InChI is InChI=1S/C20H25NO2/c1-14(2)13-23-20-11-9-19(10-12-20)18-7-5-17(6-8-18)15(3)21-16(4)22/h5-12,14-15H,13H2,1-4H3,(H,21,22). The van der Waals surface area contributed by atoms with Crippen molar-refractivity contribution in [3.05, 3.63) is 54.1 Å². The number of nitrogens with one attached hydrogen (secondary N) is 1. The Balaban J connectivity index is 2.05. The Morgan fingerprint density at radius 2 is 1.48 bits per heavy atom. The van der Waals surface area contributed by atoms with Gasteiger partial charge in [0.2, 0.25) is 5.91 Å². The number of carbonyl (C=O) groups is 1. The highest BCUT2D eigenvalue weighted by atomic mass is 16.5. The van der Waals surface area contributed by atoms with E-state index in [0.29, 0.717) is 5.92 Å². The van der Waals surface area contributed by atoms with Crippen LogP contribution in [-0.2, 0) is 4.79 Å². The van der Waals surface area contributed by atoms with Crippen molar-refractivity contribution in [3.8, 4) is 16.9 Å². The monoisotopic (exact) mass is 311 g/mol. The first-order valence-electron chi connectivity index (χ1n) is 8.06. The number of hydrogen-bond acceptors (Lipinski definition) is 2. The van der Waals surface area contributed by atoms with Gasteiger partial charge in [-0.15, -0.1) is 0 Å². The lowest BCUT2D eigenvalue weighted by Crippen LogP contribution is -2.23. The van der Waals surface area contributed by atoms with Crippen molar-refractivity contribution in [1.82, 2.24) is 5.32 Å². The molecule has 1 N–H and O–H groups in total. The second-order valence-electron chi connectivity index (χ2n) is 6.27. The molecule has 3 nitrogen and oxygen atoms in total. The number of benzene rings is 2. The molecule has 0 heterocycles. The number of rotatable bonds is 6. The molecule has 0 aliphatic carbocycles. The molecule has 0 aliphatic rings. The zero-order valence-corrected chi connectivity index (χ0v) is 14.3. The molecular weight excluding hydrogens is 286 g/mol. The van der Waals surface area contributed by atoms with Gasteiger partial charge in [0.1, 0.15) is 5.75 Å². The maximum Gasteiger partial charge on any atom is 0.217 e. The number of hydrogen-bond donors (Lipinski definition) is 1. The molecule has 1 unspecified atom stereocenters. The van der Waals surface area contributed by atoms with Crippen molar-refractivity contribution in [2.75, 3.05) is 6.61 Å². The van der Waals surface area contributed by atoms with Gasteiger partial charge in [0.05, 0.1) is 12.6 Å². The van der Waals surface area contributed by atoms with E-state index in [0.717, 1.165) is 29.0 Å². The fourth-order valence-corrected chi connectivity index (χ4v) is 2.36. The molecule has 2 aromatic carbocycles. The molecule has 122 valence electrons. The first-order valence-corrected chi connectivity index (χ1v) is 8.06. The van der Waals surface area contributed by atoms with Crippen LogP contribution in [0.15, 0.2) is 48.5 Å². The number of amides is 1. The highest BCUT2D eigenvalue weighted by Crippen LogP contribution is 2.24. The van der Waals surface area contributed by atoms with E-state index in [-0.39, 0.29) is 11.9 Å². The molecule has 23 heavy (non-hydrogen) atoms. The summed E-state index contributed by atoms with van der Waals surface area (Å²) in [5.74, 6) is 1.41. The molecule has 2 aromatic rings. The van der Waals surface area contributed by atoms with Crippen LogP contribution in [0, 0.1) is 5.92 Å². The quantitative estimate of drug-likeness (QED) is 0.847. The first-order chi connectivity index (χ1) is 11.0. The van der Waals surface area contributed by atoms with Crippen LogP contribution in [0.1, 0.15) is 39.3 Å². The molecule has 0 bridgehead atoms. The third kappa shape index (κ3) is 5.13.